The molecule has 0 aliphatic carbocycles. The highest BCUT2D eigenvalue weighted by Crippen LogP contribution is 2.02. The van der Waals surface area contributed by atoms with E-state index in [1.807, 2.05) is 11.8 Å². The van der Waals surface area contributed by atoms with Gasteiger partial charge in [-0.25, -0.2) is 0 Å². The first-order chi connectivity index (χ1) is 7.36. The van der Waals surface area contributed by atoms with Crippen LogP contribution in [0.15, 0.2) is 18.5 Å². The summed E-state index contributed by atoms with van der Waals surface area (Å²) in [5.74, 6) is 1.17. The molecule has 3 nitrogen and oxygen atoms in total. The summed E-state index contributed by atoms with van der Waals surface area (Å²) in [6, 6.07) is 2.17. The standard InChI is InChI=1S/C11H20N2OS/c1-14-7-4-12-9-11-3-5-13(10-11)6-8-15-2/h3,5,10,12H,4,6-9H2,1-2H3. The number of rotatable bonds is 8. The molecule has 0 saturated carbocycles. The van der Waals surface area contributed by atoms with Gasteiger partial charge in [-0.1, -0.05) is 0 Å². The van der Waals surface area contributed by atoms with Crippen LogP contribution in [0.5, 0.6) is 0 Å². The van der Waals surface area contributed by atoms with Crippen LogP contribution >= 0.6 is 11.8 Å². The van der Waals surface area contributed by atoms with Crippen LogP contribution in [0.4, 0.5) is 0 Å². The molecule has 1 aromatic rings. The second kappa shape index (κ2) is 7.79. The molecule has 0 aromatic carbocycles. The van der Waals surface area contributed by atoms with E-state index in [0.29, 0.717) is 0 Å². The van der Waals surface area contributed by atoms with Gasteiger partial charge < -0.3 is 14.6 Å². The maximum absolute atomic E-state index is 4.97. The van der Waals surface area contributed by atoms with Crippen molar-refractivity contribution in [1.82, 2.24) is 9.88 Å². The van der Waals surface area contributed by atoms with Gasteiger partial charge in [0.25, 0.3) is 0 Å². The van der Waals surface area contributed by atoms with Crippen LogP contribution in [0.2, 0.25) is 0 Å². The molecule has 1 rings (SSSR count). The summed E-state index contributed by atoms with van der Waals surface area (Å²) in [5, 5.41) is 3.33. The summed E-state index contributed by atoms with van der Waals surface area (Å²) in [5.41, 5.74) is 1.34. The predicted molar refractivity (Wildman–Crippen MR) is 66.4 cm³/mol. The fourth-order valence-electron chi connectivity index (χ4n) is 1.34. The van der Waals surface area contributed by atoms with Crippen LogP contribution in [0.1, 0.15) is 5.56 Å². The zero-order chi connectivity index (χ0) is 10.9. The molecule has 0 fully saturated rings. The number of nitrogens with one attached hydrogen (secondary N) is 1. The fraction of sp³-hybridized carbons (Fsp3) is 0.636. The van der Waals surface area contributed by atoms with Gasteiger partial charge in [0.2, 0.25) is 0 Å². The van der Waals surface area contributed by atoms with Gasteiger partial charge in [0, 0.05) is 44.9 Å². The normalized spacial score (nSPS) is 10.8. The largest absolute Gasteiger partial charge is 0.383 e. The number of methoxy groups -OCH3 is 1. The summed E-state index contributed by atoms with van der Waals surface area (Å²) < 4.78 is 7.21. The Morgan fingerprint density at radius 3 is 3.13 bits per heavy atom. The third kappa shape index (κ3) is 5.25. The molecule has 1 N–H and O–H groups in total. The van der Waals surface area contributed by atoms with Crippen LogP contribution in [-0.4, -0.2) is 36.8 Å². The maximum atomic E-state index is 4.97. The molecular formula is C11H20N2OS. The fourth-order valence-corrected chi connectivity index (χ4v) is 1.73. The van der Waals surface area contributed by atoms with Gasteiger partial charge in [0.05, 0.1) is 6.61 Å². The van der Waals surface area contributed by atoms with Gasteiger partial charge in [-0.15, -0.1) is 0 Å². The number of hydrogen-bond donors (Lipinski definition) is 1. The zero-order valence-corrected chi connectivity index (χ0v) is 10.3. The van der Waals surface area contributed by atoms with E-state index in [1.54, 1.807) is 7.11 Å². The first kappa shape index (κ1) is 12.6. The Morgan fingerprint density at radius 2 is 2.40 bits per heavy atom. The smallest absolute Gasteiger partial charge is 0.0587 e. The minimum absolute atomic E-state index is 0.771. The van der Waals surface area contributed by atoms with E-state index in [0.717, 1.165) is 26.2 Å². The van der Waals surface area contributed by atoms with Gasteiger partial charge >= 0.3 is 0 Å². The Hall–Kier alpha value is -0.450. The Balaban J connectivity index is 2.20. The van der Waals surface area contributed by atoms with E-state index >= 15 is 0 Å². The van der Waals surface area contributed by atoms with E-state index in [2.05, 4.69) is 34.6 Å². The van der Waals surface area contributed by atoms with Crippen molar-refractivity contribution in [2.24, 2.45) is 0 Å². The van der Waals surface area contributed by atoms with Crippen LogP contribution in [0.25, 0.3) is 0 Å². The Morgan fingerprint density at radius 1 is 1.53 bits per heavy atom. The number of aromatic nitrogens is 1. The highest BCUT2D eigenvalue weighted by Gasteiger charge is 1.96. The molecule has 0 bridgehead atoms. The monoisotopic (exact) mass is 228 g/mol. The van der Waals surface area contributed by atoms with Crippen molar-refractivity contribution in [1.29, 1.82) is 0 Å². The number of ether oxygens (including phenoxy) is 1. The average Bonchev–Trinajstić information content (AvgIpc) is 2.69. The summed E-state index contributed by atoms with van der Waals surface area (Å²) >= 11 is 1.88. The topological polar surface area (TPSA) is 26.2 Å². The second-order valence-electron chi connectivity index (χ2n) is 3.42. The van der Waals surface area contributed by atoms with Gasteiger partial charge in [0.15, 0.2) is 0 Å². The Kier molecular flexibility index (Phi) is 6.55. The predicted octanol–water partition coefficient (Wildman–Crippen LogP) is 1.59. The minimum atomic E-state index is 0.771. The molecular weight excluding hydrogens is 208 g/mol. The number of thioether (sulfide) groups is 1. The Labute approximate surface area is 96.2 Å². The lowest BCUT2D eigenvalue weighted by Gasteiger charge is -2.02. The highest BCUT2D eigenvalue weighted by molar-refractivity contribution is 7.98. The minimum Gasteiger partial charge on any atom is -0.383 e. The molecule has 0 atom stereocenters. The molecule has 0 radical (unpaired) electrons. The van der Waals surface area contributed by atoms with Crippen molar-refractivity contribution < 1.29 is 4.74 Å². The molecule has 1 aromatic heterocycles. The summed E-state index contributed by atoms with van der Waals surface area (Å²) in [7, 11) is 1.72. The highest BCUT2D eigenvalue weighted by atomic mass is 32.2. The van der Waals surface area contributed by atoms with Crippen LogP contribution < -0.4 is 5.32 Å². The zero-order valence-electron chi connectivity index (χ0n) is 9.53. The lowest BCUT2D eigenvalue weighted by Crippen LogP contribution is -2.18. The van der Waals surface area contributed by atoms with Crippen LogP contribution in [-0.2, 0) is 17.8 Å². The second-order valence-corrected chi connectivity index (χ2v) is 4.41. The van der Waals surface area contributed by atoms with E-state index in [9.17, 15) is 0 Å². The van der Waals surface area contributed by atoms with Crippen molar-refractivity contribution in [3.8, 4) is 0 Å². The van der Waals surface area contributed by atoms with Crippen molar-refractivity contribution in [3.63, 3.8) is 0 Å². The van der Waals surface area contributed by atoms with Crippen molar-refractivity contribution >= 4 is 11.8 Å². The van der Waals surface area contributed by atoms with Gasteiger partial charge in [-0.05, 0) is 17.9 Å². The SMILES string of the molecule is COCCNCc1ccn(CCSC)c1. The number of hydrogen-bond acceptors (Lipinski definition) is 3. The molecule has 0 unspecified atom stereocenters. The molecule has 0 spiro atoms. The van der Waals surface area contributed by atoms with Crippen LogP contribution in [0, 0.1) is 0 Å². The molecule has 15 heavy (non-hydrogen) atoms. The molecule has 86 valence electrons. The molecule has 0 amide bonds. The maximum Gasteiger partial charge on any atom is 0.0587 e. The van der Waals surface area contributed by atoms with E-state index < -0.39 is 0 Å². The summed E-state index contributed by atoms with van der Waals surface area (Å²) in [6.45, 7) is 3.70. The molecule has 0 saturated heterocycles. The Bertz CT molecular complexity index is 263. The number of aryl methyl sites for hydroxylation is 1. The van der Waals surface area contributed by atoms with E-state index in [1.165, 1.54) is 11.3 Å². The third-order valence-corrected chi connectivity index (χ3v) is 2.77. The number of nitrogens with zero attached hydrogens (tertiary/aromatic N) is 1. The van der Waals surface area contributed by atoms with Crippen molar-refractivity contribution in [3.05, 3.63) is 24.0 Å². The lowest BCUT2D eigenvalue weighted by atomic mass is 10.3. The van der Waals surface area contributed by atoms with Crippen molar-refractivity contribution in [2.45, 2.75) is 13.1 Å². The molecule has 1 heterocycles. The first-order valence-corrected chi connectivity index (χ1v) is 6.59. The van der Waals surface area contributed by atoms with Gasteiger partial charge in [-0.3, -0.25) is 0 Å². The quantitative estimate of drug-likeness (QED) is 0.684. The lowest BCUT2D eigenvalue weighted by molar-refractivity contribution is 0.199. The first-order valence-electron chi connectivity index (χ1n) is 5.20. The summed E-state index contributed by atoms with van der Waals surface area (Å²) in [4.78, 5) is 0. The van der Waals surface area contributed by atoms with Crippen LogP contribution in [0.3, 0.4) is 0 Å². The van der Waals surface area contributed by atoms with Gasteiger partial charge in [-0.2, -0.15) is 11.8 Å². The molecule has 0 aliphatic rings. The summed E-state index contributed by atoms with van der Waals surface area (Å²) in [6.07, 6.45) is 6.48. The third-order valence-electron chi connectivity index (χ3n) is 2.18. The van der Waals surface area contributed by atoms with Crippen molar-refractivity contribution in [2.75, 3.05) is 32.3 Å². The van der Waals surface area contributed by atoms with E-state index in [4.69, 9.17) is 4.74 Å². The average molecular weight is 228 g/mol. The van der Waals surface area contributed by atoms with Gasteiger partial charge in [0.1, 0.15) is 0 Å². The van der Waals surface area contributed by atoms with E-state index in [-0.39, 0.29) is 0 Å². The molecule has 0 aliphatic heterocycles. The molecule has 4 heteroatoms.